The number of aromatic amines is 1. The third-order valence-electron chi connectivity index (χ3n) is 5.61. The fourth-order valence-corrected chi connectivity index (χ4v) is 4.03. The molecule has 8 nitrogen and oxygen atoms in total. The van der Waals surface area contributed by atoms with Crippen molar-refractivity contribution < 1.29 is 14.5 Å². The number of H-pyrrole nitrogens is 1. The highest BCUT2D eigenvalue weighted by atomic mass is 16.2. The van der Waals surface area contributed by atoms with E-state index in [1.165, 1.54) is 0 Å². The Morgan fingerprint density at radius 1 is 1.16 bits per heavy atom. The molecule has 0 spiro atoms. The molecule has 0 bridgehead atoms. The molecule has 31 heavy (non-hydrogen) atoms. The van der Waals surface area contributed by atoms with Crippen molar-refractivity contribution in [1.82, 2.24) is 9.97 Å². The van der Waals surface area contributed by atoms with Crippen molar-refractivity contribution >= 4 is 34.1 Å². The summed E-state index contributed by atoms with van der Waals surface area (Å²) in [7, 11) is 0. The highest BCUT2D eigenvalue weighted by Crippen LogP contribution is 2.31. The van der Waals surface area contributed by atoms with Gasteiger partial charge in [0.1, 0.15) is 6.54 Å². The average molecular weight is 420 g/mol. The van der Waals surface area contributed by atoms with Gasteiger partial charge in [0.05, 0.1) is 28.8 Å². The highest BCUT2D eigenvalue weighted by Gasteiger charge is 2.31. The van der Waals surface area contributed by atoms with Crippen LogP contribution < -0.4 is 20.7 Å². The van der Waals surface area contributed by atoms with Gasteiger partial charge < -0.3 is 20.1 Å². The molecule has 0 fully saturated rings. The lowest BCUT2D eigenvalue weighted by molar-refractivity contribution is -0.904. The zero-order chi connectivity index (χ0) is 22.0. The minimum absolute atomic E-state index is 0.0727. The first-order valence-corrected chi connectivity index (χ1v) is 10.5. The van der Waals surface area contributed by atoms with Crippen LogP contribution in [0.2, 0.25) is 0 Å². The number of hydrogen-bond donors (Lipinski definition) is 3. The molecule has 1 aromatic heterocycles. The summed E-state index contributed by atoms with van der Waals surface area (Å²) in [4.78, 5) is 48.0. The minimum atomic E-state index is -0.257. The van der Waals surface area contributed by atoms with Crippen molar-refractivity contribution in [1.29, 1.82) is 0 Å². The van der Waals surface area contributed by atoms with Crippen molar-refractivity contribution in [3.8, 4) is 0 Å². The SMILES string of the molecule is CC[NH+](CC(=O)N1c2ccccc2NC(=O)C[C@H]1C)Cc1nc2ccccc2c(=O)[nH]1. The maximum atomic E-state index is 13.3. The standard InChI is InChI=1S/C23H25N5O3/c1-3-27(13-20-24-17-9-5-4-8-16(17)23(31)26-20)14-22(30)28-15(2)12-21(29)25-18-10-6-7-11-19(18)28/h4-11,15H,3,12-14H2,1-2H3,(H,25,29)(H,24,26,31)/p+1/t15-/m1/s1. The third kappa shape index (κ3) is 4.34. The lowest BCUT2D eigenvalue weighted by atomic mass is 10.1. The summed E-state index contributed by atoms with van der Waals surface area (Å²) in [6.07, 6.45) is 0.238. The number of amides is 2. The van der Waals surface area contributed by atoms with E-state index in [2.05, 4.69) is 15.3 Å². The van der Waals surface area contributed by atoms with Gasteiger partial charge in [-0.05, 0) is 38.1 Å². The van der Waals surface area contributed by atoms with Crippen LogP contribution in [0.25, 0.3) is 10.9 Å². The Hall–Kier alpha value is -3.52. The van der Waals surface area contributed by atoms with E-state index in [-0.39, 0.29) is 36.4 Å². The molecule has 2 atom stereocenters. The van der Waals surface area contributed by atoms with Gasteiger partial charge in [-0.3, -0.25) is 14.4 Å². The second-order valence-electron chi connectivity index (χ2n) is 7.87. The van der Waals surface area contributed by atoms with E-state index in [9.17, 15) is 14.4 Å². The van der Waals surface area contributed by atoms with Crippen LogP contribution in [0.1, 0.15) is 26.1 Å². The van der Waals surface area contributed by atoms with Crippen molar-refractivity contribution in [2.45, 2.75) is 32.9 Å². The van der Waals surface area contributed by atoms with Crippen LogP contribution >= 0.6 is 0 Å². The zero-order valence-corrected chi connectivity index (χ0v) is 17.6. The van der Waals surface area contributed by atoms with Gasteiger partial charge >= 0.3 is 0 Å². The number of likely N-dealkylation sites (N-methyl/N-ethyl adjacent to an activating group) is 1. The number of hydrogen-bond acceptors (Lipinski definition) is 4. The number of aromatic nitrogens is 2. The van der Waals surface area contributed by atoms with Gasteiger partial charge in [-0.15, -0.1) is 0 Å². The van der Waals surface area contributed by atoms with E-state index >= 15 is 0 Å². The van der Waals surface area contributed by atoms with Crippen LogP contribution in [0.5, 0.6) is 0 Å². The number of carbonyl (C=O) groups is 2. The van der Waals surface area contributed by atoms with Crippen LogP contribution in [-0.4, -0.2) is 40.9 Å². The first-order chi connectivity index (χ1) is 15.0. The maximum Gasteiger partial charge on any atom is 0.282 e. The molecule has 3 N–H and O–H groups in total. The molecule has 4 rings (SSSR count). The van der Waals surface area contributed by atoms with E-state index in [1.807, 2.05) is 44.2 Å². The summed E-state index contributed by atoms with van der Waals surface area (Å²) < 4.78 is 0. The summed E-state index contributed by atoms with van der Waals surface area (Å²) in [6, 6.07) is 14.3. The monoisotopic (exact) mass is 420 g/mol. The van der Waals surface area contributed by atoms with Crippen molar-refractivity contribution in [3.05, 3.63) is 64.7 Å². The molecule has 2 heterocycles. The van der Waals surface area contributed by atoms with Crippen molar-refractivity contribution in [3.63, 3.8) is 0 Å². The topological polar surface area (TPSA) is 99.6 Å². The van der Waals surface area contributed by atoms with Gasteiger partial charge in [-0.1, -0.05) is 24.3 Å². The number of benzene rings is 2. The fourth-order valence-electron chi connectivity index (χ4n) is 4.03. The summed E-state index contributed by atoms with van der Waals surface area (Å²) in [5.41, 5.74) is 1.81. The smallest absolute Gasteiger partial charge is 0.282 e. The predicted molar refractivity (Wildman–Crippen MR) is 119 cm³/mol. The van der Waals surface area contributed by atoms with Gasteiger partial charge in [0.15, 0.2) is 12.4 Å². The molecule has 3 aromatic rings. The Morgan fingerprint density at radius 3 is 2.71 bits per heavy atom. The normalized spacial score (nSPS) is 17.0. The van der Waals surface area contributed by atoms with Gasteiger partial charge in [0.2, 0.25) is 5.91 Å². The number of quaternary nitrogens is 1. The van der Waals surface area contributed by atoms with Gasteiger partial charge in [0.25, 0.3) is 11.5 Å². The van der Waals surface area contributed by atoms with E-state index < -0.39 is 0 Å². The number of nitrogens with one attached hydrogen (secondary N) is 3. The molecular formula is C23H26N5O3+. The highest BCUT2D eigenvalue weighted by molar-refractivity contribution is 6.04. The molecule has 160 valence electrons. The first kappa shape index (κ1) is 20.7. The van der Waals surface area contributed by atoms with E-state index in [1.54, 1.807) is 23.1 Å². The lowest BCUT2D eigenvalue weighted by Crippen LogP contribution is -3.11. The maximum absolute atomic E-state index is 13.3. The quantitative estimate of drug-likeness (QED) is 0.575. The molecule has 2 aromatic carbocycles. The Kier molecular flexibility index (Phi) is 5.81. The van der Waals surface area contributed by atoms with Crippen LogP contribution in [0, 0.1) is 0 Å². The third-order valence-corrected chi connectivity index (χ3v) is 5.61. The lowest BCUT2D eigenvalue weighted by Gasteiger charge is -2.29. The molecule has 0 saturated heterocycles. The molecule has 2 amide bonds. The zero-order valence-electron chi connectivity index (χ0n) is 17.6. The number of fused-ring (bicyclic) bond motifs is 2. The largest absolute Gasteiger partial charge is 0.324 e. The molecule has 1 aliphatic heterocycles. The van der Waals surface area contributed by atoms with Crippen molar-refractivity contribution in [2.75, 3.05) is 23.3 Å². The second kappa shape index (κ2) is 8.69. The Labute approximate surface area is 179 Å². The summed E-state index contributed by atoms with van der Waals surface area (Å²) in [6.45, 7) is 5.20. The van der Waals surface area contributed by atoms with E-state index in [0.29, 0.717) is 41.2 Å². The van der Waals surface area contributed by atoms with Crippen LogP contribution in [0.15, 0.2) is 53.3 Å². The van der Waals surface area contributed by atoms with Crippen LogP contribution in [0.3, 0.4) is 0 Å². The van der Waals surface area contributed by atoms with Crippen LogP contribution in [-0.2, 0) is 16.1 Å². The van der Waals surface area contributed by atoms with E-state index in [0.717, 1.165) is 4.90 Å². The number of nitrogens with zero attached hydrogens (tertiary/aromatic N) is 2. The van der Waals surface area contributed by atoms with Gasteiger partial charge in [-0.25, -0.2) is 4.98 Å². The van der Waals surface area contributed by atoms with Crippen LogP contribution in [0.4, 0.5) is 11.4 Å². The molecule has 1 unspecified atom stereocenters. The first-order valence-electron chi connectivity index (χ1n) is 10.5. The fraction of sp³-hybridized carbons (Fsp3) is 0.304. The minimum Gasteiger partial charge on any atom is -0.324 e. The number of para-hydroxylation sites is 3. The number of carbonyl (C=O) groups excluding carboxylic acids is 2. The van der Waals surface area contributed by atoms with E-state index in [4.69, 9.17) is 0 Å². The summed E-state index contributed by atoms with van der Waals surface area (Å²) in [5, 5.41) is 3.43. The van der Waals surface area contributed by atoms with Crippen molar-refractivity contribution in [2.24, 2.45) is 0 Å². The molecule has 1 aliphatic rings. The molecule has 0 radical (unpaired) electrons. The second-order valence-corrected chi connectivity index (χ2v) is 7.87. The summed E-state index contributed by atoms with van der Waals surface area (Å²) >= 11 is 0. The Morgan fingerprint density at radius 2 is 1.90 bits per heavy atom. The molecule has 8 heteroatoms. The molecule has 0 saturated carbocycles. The molecule has 0 aliphatic carbocycles. The predicted octanol–water partition coefficient (Wildman–Crippen LogP) is 1.09. The van der Waals surface area contributed by atoms with Gasteiger partial charge in [-0.2, -0.15) is 0 Å². The number of rotatable bonds is 5. The number of anilines is 2. The Bertz CT molecular complexity index is 1190. The summed E-state index contributed by atoms with van der Waals surface area (Å²) in [5.74, 6) is 0.374. The Balaban J connectivity index is 1.57. The molecular weight excluding hydrogens is 394 g/mol. The average Bonchev–Trinajstić information content (AvgIpc) is 2.87. The van der Waals surface area contributed by atoms with Gasteiger partial charge in [0, 0.05) is 12.5 Å².